The summed E-state index contributed by atoms with van der Waals surface area (Å²) in [5.41, 5.74) is 3.59. The van der Waals surface area contributed by atoms with E-state index >= 15 is 0 Å². The first-order valence-electron chi connectivity index (χ1n) is 13.7. The molecule has 0 bridgehead atoms. The Morgan fingerprint density at radius 2 is 1.90 bits per heavy atom. The van der Waals surface area contributed by atoms with Crippen molar-refractivity contribution >= 4 is 29.2 Å². The van der Waals surface area contributed by atoms with Gasteiger partial charge in [-0.05, 0) is 74.0 Å². The topological polar surface area (TPSA) is 94.6 Å². The van der Waals surface area contributed by atoms with Crippen LogP contribution in [0.2, 0.25) is 0 Å². The van der Waals surface area contributed by atoms with Crippen LogP contribution in [0.25, 0.3) is 0 Å². The molecule has 1 spiro atoms. The Hall–Kier alpha value is -4.04. The molecule has 0 saturated carbocycles. The van der Waals surface area contributed by atoms with Crippen LogP contribution in [0.5, 0.6) is 0 Å². The summed E-state index contributed by atoms with van der Waals surface area (Å²) >= 11 is 0. The van der Waals surface area contributed by atoms with Crippen LogP contribution >= 0.6 is 0 Å². The SMILES string of the molecule is CC12CCCN1CC(c1ccccc1)N(CC(=O)Nc1ccc3c(c1)CC1(C3)C(=O)Nc3ncccc31)C2=O. The Labute approximate surface area is 227 Å². The van der Waals surface area contributed by atoms with E-state index in [1.165, 1.54) is 0 Å². The third-order valence-electron chi connectivity index (χ3n) is 9.24. The molecule has 0 radical (unpaired) electrons. The molecule has 1 aromatic heterocycles. The molecule has 2 N–H and O–H groups in total. The molecule has 3 aliphatic heterocycles. The highest BCUT2D eigenvalue weighted by atomic mass is 16.2. The van der Waals surface area contributed by atoms with E-state index in [4.69, 9.17) is 0 Å². The molecule has 8 nitrogen and oxygen atoms in total. The number of benzene rings is 2. The van der Waals surface area contributed by atoms with Crippen molar-refractivity contribution in [3.63, 3.8) is 0 Å². The van der Waals surface area contributed by atoms with E-state index in [9.17, 15) is 14.4 Å². The molecule has 1 aliphatic carbocycles. The van der Waals surface area contributed by atoms with E-state index in [2.05, 4.69) is 20.5 Å². The highest BCUT2D eigenvalue weighted by Crippen LogP contribution is 2.47. The minimum absolute atomic E-state index is 0.00963. The normalized spacial score (nSPS) is 27.3. The fraction of sp³-hybridized carbons (Fsp3) is 0.355. The number of carbonyl (C=O) groups is 3. The van der Waals surface area contributed by atoms with Crippen molar-refractivity contribution in [3.05, 3.63) is 89.1 Å². The van der Waals surface area contributed by atoms with Gasteiger partial charge in [0.2, 0.25) is 17.7 Å². The van der Waals surface area contributed by atoms with Gasteiger partial charge in [0, 0.05) is 24.0 Å². The van der Waals surface area contributed by atoms with Crippen LogP contribution in [-0.4, -0.2) is 57.7 Å². The van der Waals surface area contributed by atoms with Gasteiger partial charge in [-0.15, -0.1) is 0 Å². The maximum Gasteiger partial charge on any atom is 0.244 e. The van der Waals surface area contributed by atoms with Gasteiger partial charge >= 0.3 is 0 Å². The van der Waals surface area contributed by atoms with Crippen molar-refractivity contribution in [1.82, 2.24) is 14.8 Å². The minimum atomic E-state index is -0.652. The third-order valence-corrected chi connectivity index (χ3v) is 9.24. The van der Waals surface area contributed by atoms with E-state index in [1.54, 1.807) is 11.1 Å². The lowest BCUT2D eigenvalue weighted by Crippen LogP contribution is -2.63. The summed E-state index contributed by atoms with van der Waals surface area (Å²) in [4.78, 5) is 48.6. The van der Waals surface area contributed by atoms with E-state index < -0.39 is 11.0 Å². The molecule has 7 rings (SSSR count). The van der Waals surface area contributed by atoms with Gasteiger partial charge in [-0.3, -0.25) is 19.3 Å². The number of rotatable bonds is 4. The second-order valence-electron chi connectivity index (χ2n) is 11.5. The number of fused-ring (bicyclic) bond motifs is 4. The molecule has 3 unspecified atom stereocenters. The first-order chi connectivity index (χ1) is 18.9. The summed E-state index contributed by atoms with van der Waals surface area (Å²) in [6.07, 6.45) is 4.65. The second-order valence-corrected chi connectivity index (χ2v) is 11.5. The Balaban J connectivity index is 1.11. The summed E-state index contributed by atoms with van der Waals surface area (Å²) in [6.45, 7) is 3.63. The van der Waals surface area contributed by atoms with Crippen molar-refractivity contribution in [2.45, 2.75) is 49.6 Å². The third kappa shape index (κ3) is 3.69. The zero-order valence-electron chi connectivity index (χ0n) is 21.9. The van der Waals surface area contributed by atoms with Crippen LogP contribution in [0, 0.1) is 0 Å². The number of nitrogens with one attached hydrogen (secondary N) is 2. The number of piperazine rings is 1. The van der Waals surface area contributed by atoms with Crippen molar-refractivity contribution in [2.75, 3.05) is 30.3 Å². The molecular formula is C31H31N5O3. The zero-order valence-corrected chi connectivity index (χ0v) is 21.9. The lowest BCUT2D eigenvalue weighted by molar-refractivity contribution is -0.154. The van der Waals surface area contributed by atoms with Gasteiger partial charge in [0.05, 0.1) is 17.0 Å². The van der Waals surface area contributed by atoms with E-state index in [0.29, 0.717) is 24.3 Å². The van der Waals surface area contributed by atoms with Gasteiger partial charge < -0.3 is 15.5 Å². The van der Waals surface area contributed by atoms with Crippen LogP contribution < -0.4 is 10.6 Å². The number of carbonyl (C=O) groups excluding carboxylic acids is 3. The van der Waals surface area contributed by atoms with Crippen LogP contribution in [0.4, 0.5) is 11.5 Å². The molecule has 39 heavy (non-hydrogen) atoms. The summed E-state index contributed by atoms with van der Waals surface area (Å²) in [5.74, 6) is 0.409. The van der Waals surface area contributed by atoms with E-state index in [1.807, 2.05) is 67.6 Å². The van der Waals surface area contributed by atoms with E-state index in [-0.39, 0.29) is 30.3 Å². The Kier molecular flexibility index (Phi) is 5.39. The van der Waals surface area contributed by atoms with Gasteiger partial charge in [-0.25, -0.2) is 4.98 Å². The standard InChI is InChI=1S/C31H31N5O3/c1-30-12-6-14-35(30)18-25(20-7-3-2-4-8-20)36(29(30)39)19-26(37)33-23-11-10-21-16-31(17-22(21)15-23)24-9-5-13-32-27(24)34-28(31)38/h2-5,7-11,13,15,25H,6,12,14,16-19H2,1H3,(H,33,37)(H,32,34,38). The summed E-state index contributed by atoms with van der Waals surface area (Å²) in [7, 11) is 0. The predicted molar refractivity (Wildman–Crippen MR) is 147 cm³/mol. The molecule has 4 heterocycles. The molecule has 4 aliphatic rings. The number of hydrogen-bond acceptors (Lipinski definition) is 5. The number of anilines is 2. The maximum absolute atomic E-state index is 13.8. The number of aromatic nitrogens is 1. The van der Waals surface area contributed by atoms with Gasteiger partial charge in [-0.2, -0.15) is 0 Å². The molecule has 2 aromatic carbocycles. The number of nitrogens with zero attached hydrogens (tertiary/aromatic N) is 3. The van der Waals surface area contributed by atoms with Crippen molar-refractivity contribution in [1.29, 1.82) is 0 Å². The number of pyridine rings is 1. The quantitative estimate of drug-likeness (QED) is 0.549. The van der Waals surface area contributed by atoms with Crippen molar-refractivity contribution in [3.8, 4) is 0 Å². The molecule has 2 fully saturated rings. The first-order valence-corrected chi connectivity index (χ1v) is 13.7. The highest BCUT2D eigenvalue weighted by molar-refractivity contribution is 6.06. The summed E-state index contributed by atoms with van der Waals surface area (Å²) < 4.78 is 0. The molecule has 3 atom stereocenters. The minimum Gasteiger partial charge on any atom is -0.325 e. The Bertz CT molecular complexity index is 1510. The Morgan fingerprint density at radius 3 is 2.74 bits per heavy atom. The summed E-state index contributed by atoms with van der Waals surface area (Å²) in [6, 6.07) is 19.5. The van der Waals surface area contributed by atoms with Gasteiger partial charge in [0.1, 0.15) is 12.4 Å². The smallest absolute Gasteiger partial charge is 0.244 e. The molecule has 2 saturated heterocycles. The fourth-order valence-electron chi connectivity index (χ4n) is 7.15. The monoisotopic (exact) mass is 521 g/mol. The largest absolute Gasteiger partial charge is 0.325 e. The molecule has 3 aromatic rings. The molecule has 8 heteroatoms. The summed E-state index contributed by atoms with van der Waals surface area (Å²) in [5, 5.41) is 5.97. The maximum atomic E-state index is 13.8. The molecule has 3 amide bonds. The van der Waals surface area contributed by atoms with E-state index in [0.717, 1.165) is 48.2 Å². The predicted octanol–water partition coefficient (Wildman–Crippen LogP) is 3.45. The lowest BCUT2D eigenvalue weighted by Gasteiger charge is -2.48. The van der Waals surface area contributed by atoms with Crippen LogP contribution in [0.15, 0.2) is 66.9 Å². The van der Waals surface area contributed by atoms with Gasteiger partial charge in [0.25, 0.3) is 0 Å². The van der Waals surface area contributed by atoms with Gasteiger partial charge in [-0.1, -0.05) is 42.5 Å². The van der Waals surface area contributed by atoms with Crippen molar-refractivity contribution < 1.29 is 14.4 Å². The second kappa shape index (κ2) is 8.74. The van der Waals surface area contributed by atoms with Crippen LogP contribution in [0.1, 0.15) is 48.1 Å². The van der Waals surface area contributed by atoms with Crippen molar-refractivity contribution in [2.24, 2.45) is 0 Å². The fourth-order valence-corrected chi connectivity index (χ4v) is 7.15. The Morgan fingerprint density at radius 1 is 1.08 bits per heavy atom. The highest BCUT2D eigenvalue weighted by Gasteiger charge is 2.52. The molecular weight excluding hydrogens is 490 g/mol. The average Bonchev–Trinajstić information content (AvgIpc) is 3.60. The first kappa shape index (κ1) is 24.0. The number of hydrogen-bond donors (Lipinski definition) is 2. The van der Waals surface area contributed by atoms with Crippen LogP contribution in [-0.2, 0) is 32.6 Å². The van der Waals surface area contributed by atoms with Crippen LogP contribution in [0.3, 0.4) is 0 Å². The van der Waals surface area contributed by atoms with Gasteiger partial charge in [0.15, 0.2) is 0 Å². The average molecular weight is 522 g/mol. The molecule has 198 valence electrons. The number of amides is 3. The lowest BCUT2D eigenvalue weighted by atomic mass is 9.79. The zero-order chi connectivity index (χ0) is 26.8.